The van der Waals surface area contributed by atoms with Crippen LogP contribution in [-0.4, -0.2) is 11.8 Å². The van der Waals surface area contributed by atoms with Crippen LogP contribution in [0.1, 0.15) is 23.6 Å². The van der Waals surface area contributed by atoms with Gasteiger partial charge in [-0.15, -0.1) is 0 Å². The molecule has 3 heteroatoms. The number of hydrogen-bond donors (Lipinski definition) is 0. The summed E-state index contributed by atoms with van der Waals surface area (Å²) in [6, 6.07) is 3.96. The number of nitrogens with zero attached hydrogens (tertiary/aromatic N) is 1. The van der Waals surface area contributed by atoms with Gasteiger partial charge in [0.2, 0.25) is 0 Å². The second-order valence-electron chi connectivity index (χ2n) is 4.26. The van der Waals surface area contributed by atoms with E-state index in [1.165, 1.54) is 22.6 Å². The lowest BCUT2D eigenvalue weighted by molar-refractivity contribution is -0.119. The normalized spacial score (nSPS) is 14.9. The van der Waals surface area contributed by atoms with Crippen molar-refractivity contribution in [3.8, 4) is 0 Å². The Morgan fingerprint density at radius 2 is 1.59 bits per heavy atom. The first-order chi connectivity index (χ1) is 8.04. The standard InChI is InChI=1S/C14H15NO2/c1-4-11-8-12(10(3)7-9(11)2)15-13(16)5-6-14(15)17/h5-8H,4H2,1-3H3. The van der Waals surface area contributed by atoms with Crippen LogP contribution in [0.5, 0.6) is 0 Å². The van der Waals surface area contributed by atoms with Gasteiger partial charge in [0.1, 0.15) is 0 Å². The van der Waals surface area contributed by atoms with Gasteiger partial charge in [0, 0.05) is 12.2 Å². The van der Waals surface area contributed by atoms with Crippen molar-refractivity contribution in [1.82, 2.24) is 0 Å². The van der Waals surface area contributed by atoms with Gasteiger partial charge in [0.15, 0.2) is 0 Å². The van der Waals surface area contributed by atoms with E-state index in [0.717, 1.165) is 17.5 Å². The Hall–Kier alpha value is -1.90. The van der Waals surface area contributed by atoms with Crippen LogP contribution in [0.3, 0.4) is 0 Å². The topological polar surface area (TPSA) is 37.4 Å². The van der Waals surface area contributed by atoms with Gasteiger partial charge in [0.05, 0.1) is 5.69 Å². The van der Waals surface area contributed by atoms with E-state index < -0.39 is 0 Å². The van der Waals surface area contributed by atoms with Crippen molar-refractivity contribution in [1.29, 1.82) is 0 Å². The fourth-order valence-corrected chi connectivity index (χ4v) is 2.14. The third-order valence-electron chi connectivity index (χ3n) is 3.09. The molecule has 88 valence electrons. The number of imide groups is 1. The zero-order chi connectivity index (χ0) is 12.6. The number of carbonyl (C=O) groups excluding carboxylic acids is 2. The quantitative estimate of drug-likeness (QED) is 0.730. The van der Waals surface area contributed by atoms with Gasteiger partial charge in [-0.1, -0.05) is 13.0 Å². The van der Waals surface area contributed by atoms with Crippen LogP contribution in [-0.2, 0) is 16.0 Å². The minimum Gasteiger partial charge on any atom is -0.269 e. The molecule has 3 nitrogen and oxygen atoms in total. The molecule has 1 aromatic rings. The molecule has 2 rings (SSSR count). The minimum absolute atomic E-state index is 0.260. The largest absolute Gasteiger partial charge is 0.269 e. The number of carbonyl (C=O) groups is 2. The van der Waals surface area contributed by atoms with E-state index >= 15 is 0 Å². The lowest BCUT2D eigenvalue weighted by atomic mass is 10.0. The molecule has 17 heavy (non-hydrogen) atoms. The second-order valence-corrected chi connectivity index (χ2v) is 4.26. The Balaban J connectivity index is 2.52. The zero-order valence-corrected chi connectivity index (χ0v) is 10.3. The molecule has 0 saturated carbocycles. The molecule has 0 spiro atoms. The summed E-state index contributed by atoms with van der Waals surface area (Å²) in [5.41, 5.74) is 4.01. The summed E-state index contributed by atoms with van der Waals surface area (Å²) in [4.78, 5) is 24.5. The summed E-state index contributed by atoms with van der Waals surface area (Å²) < 4.78 is 0. The van der Waals surface area contributed by atoms with Gasteiger partial charge in [-0.3, -0.25) is 9.59 Å². The van der Waals surface area contributed by atoms with Crippen LogP contribution in [0.15, 0.2) is 24.3 Å². The third kappa shape index (κ3) is 1.88. The fourth-order valence-electron chi connectivity index (χ4n) is 2.14. The van der Waals surface area contributed by atoms with Crippen molar-refractivity contribution in [2.24, 2.45) is 0 Å². The Kier molecular flexibility index (Phi) is 2.84. The van der Waals surface area contributed by atoms with E-state index in [9.17, 15) is 9.59 Å². The van der Waals surface area contributed by atoms with Crippen molar-refractivity contribution in [2.45, 2.75) is 27.2 Å². The number of hydrogen-bond acceptors (Lipinski definition) is 2. The second kappa shape index (κ2) is 4.17. The van der Waals surface area contributed by atoms with Gasteiger partial charge in [-0.05, 0) is 43.0 Å². The average molecular weight is 229 g/mol. The number of rotatable bonds is 2. The smallest absolute Gasteiger partial charge is 0.258 e. The van der Waals surface area contributed by atoms with E-state index in [2.05, 4.69) is 6.92 Å². The summed E-state index contributed by atoms with van der Waals surface area (Å²) >= 11 is 0. The van der Waals surface area contributed by atoms with Crippen molar-refractivity contribution in [3.63, 3.8) is 0 Å². The van der Waals surface area contributed by atoms with E-state index in [1.807, 2.05) is 26.0 Å². The van der Waals surface area contributed by atoms with Crippen LogP contribution in [0, 0.1) is 13.8 Å². The zero-order valence-electron chi connectivity index (χ0n) is 10.3. The molecule has 0 N–H and O–H groups in total. The molecule has 0 bridgehead atoms. The van der Waals surface area contributed by atoms with E-state index in [4.69, 9.17) is 0 Å². The van der Waals surface area contributed by atoms with Crippen molar-refractivity contribution >= 4 is 17.5 Å². The molecular formula is C14H15NO2. The van der Waals surface area contributed by atoms with Gasteiger partial charge in [0.25, 0.3) is 11.8 Å². The number of anilines is 1. The fraction of sp³-hybridized carbons (Fsp3) is 0.286. The summed E-state index contributed by atoms with van der Waals surface area (Å²) in [5, 5.41) is 0. The molecule has 1 aromatic carbocycles. The molecule has 1 aliphatic heterocycles. The Morgan fingerprint density at radius 1 is 1.00 bits per heavy atom. The first kappa shape index (κ1) is 11.6. The van der Waals surface area contributed by atoms with Gasteiger partial charge >= 0.3 is 0 Å². The van der Waals surface area contributed by atoms with E-state index in [0.29, 0.717) is 5.69 Å². The lowest BCUT2D eigenvalue weighted by Crippen LogP contribution is -2.30. The molecule has 1 heterocycles. The summed E-state index contributed by atoms with van der Waals surface area (Å²) in [5.74, 6) is -0.520. The van der Waals surface area contributed by atoms with Crippen LogP contribution < -0.4 is 4.90 Å². The van der Waals surface area contributed by atoms with Crippen molar-refractivity contribution in [2.75, 3.05) is 4.90 Å². The van der Waals surface area contributed by atoms with E-state index in [1.54, 1.807) is 0 Å². The molecule has 0 atom stereocenters. The van der Waals surface area contributed by atoms with Gasteiger partial charge < -0.3 is 0 Å². The molecule has 0 unspecified atom stereocenters. The highest BCUT2D eigenvalue weighted by atomic mass is 16.2. The highest BCUT2D eigenvalue weighted by Crippen LogP contribution is 2.27. The molecule has 2 amide bonds. The van der Waals surface area contributed by atoms with Gasteiger partial charge in [-0.2, -0.15) is 0 Å². The predicted octanol–water partition coefficient (Wildman–Crippen LogP) is 2.30. The number of amides is 2. The SMILES string of the molecule is CCc1cc(N2C(=O)C=CC2=O)c(C)cc1C. The summed E-state index contributed by atoms with van der Waals surface area (Å²) in [7, 11) is 0. The maximum absolute atomic E-state index is 11.6. The Bertz CT molecular complexity index is 511. The molecular weight excluding hydrogens is 214 g/mol. The van der Waals surface area contributed by atoms with Gasteiger partial charge in [-0.25, -0.2) is 4.90 Å². The van der Waals surface area contributed by atoms with Crippen LogP contribution in [0.25, 0.3) is 0 Å². The minimum atomic E-state index is -0.260. The average Bonchev–Trinajstić information content (AvgIpc) is 2.60. The molecule has 0 saturated heterocycles. The first-order valence-electron chi connectivity index (χ1n) is 5.71. The predicted molar refractivity (Wildman–Crippen MR) is 66.9 cm³/mol. The van der Waals surface area contributed by atoms with Crippen molar-refractivity contribution < 1.29 is 9.59 Å². The summed E-state index contributed by atoms with van der Waals surface area (Å²) in [6.07, 6.45) is 3.52. The lowest BCUT2D eigenvalue weighted by Gasteiger charge is -2.18. The molecule has 1 aliphatic rings. The first-order valence-corrected chi connectivity index (χ1v) is 5.71. The monoisotopic (exact) mass is 229 g/mol. The maximum atomic E-state index is 11.6. The Labute approximate surface area is 101 Å². The third-order valence-corrected chi connectivity index (χ3v) is 3.09. The van der Waals surface area contributed by atoms with Crippen LogP contribution >= 0.6 is 0 Å². The summed E-state index contributed by atoms with van der Waals surface area (Å²) in [6.45, 7) is 6.02. The maximum Gasteiger partial charge on any atom is 0.258 e. The van der Waals surface area contributed by atoms with Crippen LogP contribution in [0.4, 0.5) is 5.69 Å². The Morgan fingerprint density at radius 3 is 2.12 bits per heavy atom. The molecule has 0 aliphatic carbocycles. The van der Waals surface area contributed by atoms with E-state index in [-0.39, 0.29) is 11.8 Å². The number of aryl methyl sites for hydroxylation is 3. The molecule has 0 aromatic heterocycles. The molecule has 0 radical (unpaired) electrons. The number of benzene rings is 1. The van der Waals surface area contributed by atoms with Crippen LogP contribution in [0.2, 0.25) is 0 Å². The highest BCUT2D eigenvalue weighted by Gasteiger charge is 2.26. The highest BCUT2D eigenvalue weighted by molar-refractivity contribution is 6.28. The van der Waals surface area contributed by atoms with Crippen molar-refractivity contribution in [3.05, 3.63) is 41.0 Å². The molecule has 0 fully saturated rings.